The Bertz CT molecular complexity index is 450. The van der Waals surface area contributed by atoms with Crippen LogP contribution in [0.3, 0.4) is 0 Å². The summed E-state index contributed by atoms with van der Waals surface area (Å²) in [5.41, 5.74) is 0.567. The van der Waals surface area contributed by atoms with Gasteiger partial charge in [-0.25, -0.2) is 0 Å². The van der Waals surface area contributed by atoms with Gasteiger partial charge in [0.15, 0.2) is 0 Å². The highest BCUT2D eigenvalue weighted by Crippen LogP contribution is 2.31. The standard InChI is InChI=1S/C17H26N2O2/c1-3-12-21-15-8-6-14(7-9-15)19-16(20)17(4-2)10-5-11-18-13-17/h6-9,18H,3-5,10-13H2,1-2H3,(H,19,20). The van der Waals surface area contributed by atoms with Crippen molar-refractivity contribution in [2.45, 2.75) is 39.5 Å². The lowest BCUT2D eigenvalue weighted by atomic mass is 9.77. The van der Waals surface area contributed by atoms with E-state index in [9.17, 15) is 4.79 Å². The Labute approximate surface area is 127 Å². The van der Waals surface area contributed by atoms with Crippen LogP contribution in [-0.4, -0.2) is 25.6 Å². The number of hydrogen-bond donors (Lipinski definition) is 2. The maximum atomic E-state index is 12.6. The number of ether oxygens (including phenoxy) is 1. The van der Waals surface area contributed by atoms with Gasteiger partial charge in [-0.05, 0) is 56.5 Å². The molecule has 1 amide bonds. The summed E-state index contributed by atoms with van der Waals surface area (Å²) in [6, 6.07) is 7.62. The van der Waals surface area contributed by atoms with Crippen molar-refractivity contribution in [2.75, 3.05) is 25.0 Å². The quantitative estimate of drug-likeness (QED) is 0.846. The molecule has 1 heterocycles. The predicted octanol–water partition coefficient (Wildman–Crippen LogP) is 3.19. The van der Waals surface area contributed by atoms with Gasteiger partial charge in [-0.2, -0.15) is 0 Å². The molecule has 0 aromatic heterocycles. The molecule has 1 fully saturated rings. The Morgan fingerprint density at radius 1 is 1.33 bits per heavy atom. The van der Waals surface area contributed by atoms with Crippen LogP contribution < -0.4 is 15.4 Å². The maximum Gasteiger partial charge on any atom is 0.231 e. The molecule has 1 unspecified atom stereocenters. The number of piperidine rings is 1. The first kappa shape index (κ1) is 15.8. The number of anilines is 1. The minimum absolute atomic E-state index is 0.124. The molecule has 1 aromatic rings. The Morgan fingerprint density at radius 3 is 2.67 bits per heavy atom. The van der Waals surface area contributed by atoms with E-state index in [1.807, 2.05) is 24.3 Å². The Morgan fingerprint density at radius 2 is 2.10 bits per heavy atom. The average Bonchev–Trinajstić information content (AvgIpc) is 2.54. The van der Waals surface area contributed by atoms with Crippen molar-refractivity contribution >= 4 is 11.6 Å². The van der Waals surface area contributed by atoms with Gasteiger partial charge in [-0.1, -0.05) is 13.8 Å². The van der Waals surface area contributed by atoms with E-state index in [1.54, 1.807) is 0 Å². The second-order valence-electron chi connectivity index (χ2n) is 5.74. The molecule has 0 bridgehead atoms. The Kier molecular flexibility index (Phi) is 5.62. The Balaban J connectivity index is 1.98. The fraction of sp³-hybridized carbons (Fsp3) is 0.588. The molecule has 21 heavy (non-hydrogen) atoms. The zero-order chi connectivity index (χ0) is 15.1. The molecule has 0 aliphatic carbocycles. The highest BCUT2D eigenvalue weighted by molar-refractivity contribution is 5.95. The summed E-state index contributed by atoms with van der Waals surface area (Å²) in [7, 11) is 0. The van der Waals surface area contributed by atoms with E-state index in [0.717, 1.165) is 56.8 Å². The monoisotopic (exact) mass is 290 g/mol. The van der Waals surface area contributed by atoms with Gasteiger partial charge in [0.2, 0.25) is 5.91 Å². The van der Waals surface area contributed by atoms with E-state index in [2.05, 4.69) is 24.5 Å². The average molecular weight is 290 g/mol. The van der Waals surface area contributed by atoms with Gasteiger partial charge >= 0.3 is 0 Å². The molecule has 1 aliphatic heterocycles. The summed E-state index contributed by atoms with van der Waals surface area (Å²) < 4.78 is 5.55. The van der Waals surface area contributed by atoms with Crippen molar-refractivity contribution < 1.29 is 9.53 Å². The van der Waals surface area contributed by atoms with Crippen LogP contribution in [-0.2, 0) is 4.79 Å². The van der Waals surface area contributed by atoms with Crippen LogP contribution in [0.2, 0.25) is 0 Å². The van der Waals surface area contributed by atoms with E-state index >= 15 is 0 Å². The molecule has 1 aliphatic rings. The third kappa shape index (κ3) is 3.97. The number of hydrogen-bond acceptors (Lipinski definition) is 3. The van der Waals surface area contributed by atoms with Crippen LogP contribution in [0.15, 0.2) is 24.3 Å². The van der Waals surface area contributed by atoms with Crippen LogP contribution in [0.5, 0.6) is 5.75 Å². The summed E-state index contributed by atoms with van der Waals surface area (Å²) in [6.07, 6.45) is 3.87. The molecule has 4 heteroatoms. The largest absolute Gasteiger partial charge is 0.494 e. The first-order valence-corrected chi connectivity index (χ1v) is 7.95. The molecule has 1 saturated heterocycles. The third-order valence-electron chi connectivity index (χ3n) is 4.22. The van der Waals surface area contributed by atoms with Gasteiger partial charge < -0.3 is 15.4 Å². The lowest BCUT2D eigenvalue weighted by molar-refractivity contribution is -0.126. The highest BCUT2D eigenvalue weighted by Gasteiger charge is 2.37. The number of rotatable bonds is 6. The molecule has 0 radical (unpaired) electrons. The molecule has 1 aromatic carbocycles. The lowest BCUT2D eigenvalue weighted by Gasteiger charge is -2.35. The summed E-state index contributed by atoms with van der Waals surface area (Å²) in [6.45, 7) is 6.67. The van der Waals surface area contributed by atoms with Crippen molar-refractivity contribution in [2.24, 2.45) is 5.41 Å². The topological polar surface area (TPSA) is 50.4 Å². The smallest absolute Gasteiger partial charge is 0.231 e. The van der Waals surface area contributed by atoms with E-state index in [-0.39, 0.29) is 11.3 Å². The number of amides is 1. The minimum Gasteiger partial charge on any atom is -0.494 e. The van der Waals surface area contributed by atoms with Gasteiger partial charge in [0.25, 0.3) is 0 Å². The minimum atomic E-state index is -0.268. The normalized spacial score (nSPS) is 21.8. The summed E-state index contributed by atoms with van der Waals surface area (Å²) in [4.78, 5) is 12.6. The number of nitrogens with one attached hydrogen (secondary N) is 2. The van der Waals surface area contributed by atoms with Gasteiger partial charge in [-0.3, -0.25) is 4.79 Å². The molecular formula is C17H26N2O2. The van der Waals surface area contributed by atoms with Crippen LogP contribution in [0.1, 0.15) is 39.5 Å². The number of benzene rings is 1. The molecular weight excluding hydrogens is 264 g/mol. The lowest BCUT2D eigenvalue weighted by Crippen LogP contribution is -2.47. The van der Waals surface area contributed by atoms with E-state index in [0.29, 0.717) is 0 Å². The van der Waals surface area contributed by atoms with Gasteiger partial charge in [0.05, 0.1) is 12.0 Å². The molecule has 1 atom stereocenters. The molecule has 2 rings (SSSR count). The molecule has 2 N–H and O–H groups in total. The first-order valence-electron chi connectivity index (χ1n) is 7.95. The molecule has 0 spiro atoms. The first-order chi connectivity index (χ1) is 10.2. The maximum absolute atomic E-state index is 12.6. The van der Waals surface area contributed by atoms with E-state index in [1.165, 1.54) is 0 Å². The molecule has 4 nitrogen and oxygen atoms in total. The fourth-order valence-corrected chi connectivity index (χ4v) is 2.74. The SMILES string of the molecule is CCCOc1ccc(NC(=O)C2(CC)CCCNC2)cc1. The fourth-order valence-electron chi connectivity index (χ4n) is 2.74. The van der Waals surface area contributed by atoms with E-state index in [4.69, 9.17) is 4.74 Å². The summed E-state index contributed by atoms with van der Waals surface area (Å²) >= 11 is 0. The number of carbonyl (C=O) groups excluding carboxylic acids is 1. The second kappa shape index (κ2) is 7.46. The van der Waals surface area contributed by atoms with Gasteiger partial charge in [0, 0.05) is 12.2 Å². The zero-order valence-electron chi connectivity index (χ0n) is 13.1. The number of carbonyl (C=O) groups is 1. The molecule has 0 saturated carbocycles. The highest BCUT2D eigenvalue weighted by atomic mass is 16.5. The van der Waals surface area contributed by atoms with Gasteiger partial charge in [0.1, 0.15) is 5.75 Å². The van der Waals surface area contributed by atoms with Crippen molar-refractivity contribution in [1.82, 2.24) is 5.32 Å². The van der Waals surface area contributed by atoms with Crippen molar-refractivity contribution in [3.8, 4) is 5.75 Å². The zero-order valence-corrected chi connectivity index (χ0v) is 13.1. The summed E-state index contributed by atoms with van der Waals surface area (Å²) in [5.74, 6) is 0.971. The van der Waals surface area contributed by atoms with Gasteiger partial charge in [-0.15, -0.1) is 0 Å². The molecule has 116 valence electrons. The predicted molar refractivity (Wildman–Crippen MR) is 85.7 cm³/mol. The van der Waals surface area contributed by atoms with Crippen molar-refractivity contribution in [1.29, 1.82) is 0 Å². The van der Waals surface area contributed by atoms with Crippen molar-refractivity contribution in [3.05, 3.63) is 24.3 Å². The van der Waals surface area contributed by atoms with Crippen LogP contribution in [0, 0.1) is 5.41 Å². The second-order valence-corrected chi connectivity index (χ2v) is 5.74. The third-order valence-corrected chi connectivity index (χ3v) is 4.22. The summed E-state index contributed by atoms with van der Waals surface area (Å²) in [5, 5.41) is 6.40. The van der Waals surface area contributed by atoms with Crippen LogP contribution >= 0.6 is 0 Å². The van der Waals surface area contributed by atoms with Crippen molar-refractivity contribution in [3.63, 3.8) is 0 Å². The van der Waals surface area contributed by atoms with Crippen LogP contribution in [0.4, 0.5) is 5.69 Å². The Hall–Kier alpha value is -1.55. The van der Waals surface area contributed by atoms with Crippen LogP contribution in [0.25, 0.3) is 0 Å². The van der Waals surface area contributed by atoms with E-state index < -0.39 is 0 Å².